The van der Waals surface area contributed by atoms with Crippen molar-refractivity contribution in [3.63, 3.8) is 0 Å². The van der Waals surface area contributed by atoms with Crippen molar-refractivity contribution in [1.29, 1.82) is 0 Å². The van der Waals surface area contributed by atoms with E-state index in [0.717, 1.165) is 30.8 Å². The third-order valence-electron chi connectivity index (χ3n) is 4.71. The zero-order chi connectivity index (χ0) is 18.5. The lowest BCUT2D eigenvalue weighted by atomic mass is 10.1. The van der Waals surface area contributed by atoms with Crippen LogP contribution in [0.2, 0.25) is 0 Å². The minimum atomic E-state index is 0.0148. The van der Waals surface area contributed by atoms with Crippen molar-refractivity contribution < 1.29 is 14.3 Å². The summed E-state index contributed by atoms with van der Waals surface area (Å²) >= 11 is 1.89. The maximum absolute atomic E-state index is 12.8. The van der Waals surface area contributed by atoms with Gasteiger partial charge in [-0.15, -0.1) is 0 Å². The van der Waals surface area contributed by atoms with Crippen LogP contribution in [0.25, 0.3) is 0 Å². The first kappa shape index (κ1) is 18.0. The number of likely N-dealkylation sites (tertiary alicyclic amines) is 1. The van der Waals surface area contributed by atoms with Gasteiger partial charge in [-0.3, -0.25) is 9.78 Å². The highest BCUT2D eigenvalue weighted by Crippen LogP contribution is 2.23. The molecule has 0 radical (unpaired) electrons. The van der Waals surface area contributed by atoms with E-state index in [2.05, 4.69) is 15.0 Å². The number of carbonyl (C=O) groups excluding carboxylic acids is 1. The Kier molecular flexibility index (Phi) is 5.72. The van der Waals surface area contributed by atoms with Crippen molar-refractivity contribution in [2.24, 2.45) is 0 Å². The number of thioether (sulfide) groups is 1. The van der Waals surface area contributed by atoms with Crippen molar-refractivity contribution in [1.82, 2.24) is 19.9 Å². The quantitative estimate of drug-likeness (QED) is 0.781. The van der Waals surface area contributed by atoms with E-state index in [1.165, 1.54) is 0 Å². The summed E-state index contributed by atoms with van der Waals surface area (Å²) in [5, 5.41) is 0. The molecule has 0 bridgehead atoms. The summed E-state index contributed by atoms with van der Waals surface area (Å²) in [6.07, 6.45) is 9.32. The fourth-order valence-electron chi connectivity index (χ4n) is 3.26. The van der Waals surface area contributed by atoms with Crippen LogP contribution in [0.15, 0.2) is 36.9 Å². The Morgan fingerprint density at radius 2 is 1.85 bits per heavy atom. The average Bonchev–Trinajstić information content (AvgIpc) is 3.22. The van der Waals surface area contributed by atoms with E-state index in [-0.39, 0.29) is 18.1 Å². The second-order valence-corrected chi connectivity index (χ2v) is 7.79. The van der Waals surface area contributed by atoms with Crippen LogP contribution in [0.1, 0.15) is 29.6 Å². The van der Waals surface area contributed by atoms with Crippen molar-refractivity contribution in [3.8, 4) is 11.8 Å². The Bertz CT molecular complexity index is 763. The number of piperidine rings is 1. The average molecular weight is 386 g/mol. The van der Waals surface area contributed by atoms with Gasteiger partial charge in [0.25, 0.3) is 5.91 Å². The summed E-state index contributed by atoms with van der Waals surface area (Å²) in [6.45, 7) is 1.31. The van der Waals surface area contributed by atoms with Gasteiger partial charge in [-0.1, -0.05) is 0 Å². The van der Waals surface area contributed by atoms with Crippen molar-refractivity contribution in [2.45, 2.75) is 31.5 Å². The van der Waals surface area contributed by atoms with E-state index in [0.29, 0.717) is 30.4 Å². The summed E-state index contributed by atoms with van der Waals surface area (Å²) in [7, 11) is 0. The maximum Gasteiger partial charge on any atom is 0.254 e. The maximum atomic E-state index is 12.8. The van der Waals surface area contributed by atoms with E-state index in [9.17, 15) is 4.79 Å². The van der Waals surface area contributed by atoms with Crippen molar-refractivity contribution in [2.75, 3.05) is 24.6 Å². The van der Waals surface area contributed by atoms with E-state index in [1.54, 1.807) is 36.9 Å². The molecule has 8 heteroatoms. The van der Waals surface area contributed by atoms with Crippen LogP contribution in [0.4, 0.5) is 0 Å². The molecule has 7 nitrogen and oxygen atoms in total. The first-order chi connectivity index (χ1) is 13.3. The molecule has 2 saturated heterocycles. The normalized spacial score (nSPS) is 20.4. The molecule has 0 saturated carbocycles. The molecule has 1 atom stereocenters. The molecule has 2 fully saturated rings. The molecule has 2 aliphatic rings. The molecule has 4 rings (SSSR count). The topological polar surface area (TPSA) is 77.4 Å². The molecule has 0 aliphatic carbocycles. The van der Waals surface area contributed by atoms with Crippen LogP contribution in [0.3, 0.4) is 0 Å². The van der Waals surface area contributed by atoms with Gasteiger partial charge in [0.15, 0.2) is 0 Å². The summed E-state index contributed by atoms with van der Waals surface area (Å²) in [5.41, 5.74) is 0.624. The number of rotatable bonds is 5. The number of ether oxygens (including phenoxy) is 2. The smallest absolute Gasteiger partial charge is 0.254 e. The Morgan fingerprint density at radius 3 is 2.59 bits per heavy atom. The van der Waals surface area contributed by atoms with E-state index in [1.807, 2.05) is 16.7 Å². The number of hydrogen-bond acceptors (Lipinski definition) is 7. The van der Waals surface area contributed by atoms with Crippen LogP contribution < -0.4 is 9.47 Å². The second-order valence-electron chi connectivity index (χ2n) is 6.64. The van der Waals surface area contributed by atoms with Gasteiger partial charge in [-0.05, 0) is 18.2 Å². The van der Waals surface area contributed by atoms with Crippen molar-refractivity contribution in [3.05, 3.63) is 42.5 Å². The molecular formula is C19H22N4O3S. The van der Waals surface area contributed by atoms with Gasteiger partial charge in [-0.25, -0.2) is 9.97 Å². The molecule has 2 aromatic heterocycles. The zero-order valence-corrected chi connectivity index (χ0v) is 15.8. The van der Waals surface area contributed by atoms with Crippen LogP contribution in [-0.2, 0) is 0 Å². The summed E-state index contributed by atoms with van der Waals surface area (Å²) in [4.78, 5) is 27.1. The molecule has 0 N–H and O–H groups in total. The van der Waals surface area contributed by atoms with Crippen LogP contribution in [0.5, 0.6) is 11.8 Å². The molecule has 2 aromatic rings. The molecule has 27 heavy (non-hydrogen) atoms. The van der Waals surface area contributed by atoms with Gasteiger partial charge >= 0.3 is 0 Å². The predicted octanol–water partition coefficient (Wildman–Crippen LogP) is 2.44. The Morgan fingerprint density at radius 1 is 1.04 bits per heavy atom. The van der Waals surface area contributed by atoms with E-state index >= 15 is 0 Å². The van der Waals surface area contributed by atoms with Gasteiger partial charge in [0.2, 0.25) is 11.8 Å². The van der Waals surface area contributed by atoms with Gasteiger partial charge in [0, 0.05) is 61.9 Å². The molecule has 1 amide bonds. The molecule has 0 spiro atoms. The first-order valence-corrected chi connectivity index (χ1v) is 10.4. The molecule has 0 aromatic carbocycles. The van der Waals surface area contributed by atoms with Gasteiger partial charge in [0.1, 0.15) is 12.2 Å². The number of pyridine rings is 1. The molecule has 4 heterocycles. The Labute approximate surface area is 162 Å². The SMILES string of the molecule is O=C(c1ccnc(OC2CCSC2)c1)N1CCC(Oc2cnccn2)CC1. The molecule has 1 unspecified atom stereocenters. The van der Waals surface area contributed by atoms with E-state index < -0.39 is 0 Å². The summed E-state index contributed by atoms with van der Waals surface area (Å²) in [5.74, 6) is 3.19. The minimum Gasteiger partial charge on any atom is -0.473 e. The summed E-state index contributed by atoms with van der Waals surface area (Å²) < 4.78 is 11.7. The number of amides is 1. The van der Waals surface area contributed by atoms with Gasteiger partial charge in [-0.2, -0.15) is 11.8 Å². The first-order valence-electron chi connectivity index (χ1n) is 9.20. The minimum absolute atomic E-state index is 0.0148. The fraction of sp³-hybridized carbons (Fsp3) is 0.474. The third-order valence-corrected chi connectivity index (χ3v) is 5.85. The fourth-order valence-corrected chi connectivity index (χ4v) is 4.35. The summed E-state index contributed by atoms with van der Waals surface area (Å²) in [6, 6.07) is 3.51. The second kappa shape index (κ2) is 8.56. The number of hydrogen-bond donors (Lipinski definition) is 0. The van der Waals surface area contributed by atoms with Crippen LogP contribution >= 0.6 is 11.8 Å². The Hall–Kier alpha value is -2.35. The molecular weight excluding hydrogens is 364 g/mol. The van der Waals surface area contributed by atoms with Crippen molar-refractivity contribution >= 4 is 17.7 Å². The van der Waals surface area contributed by atoms with Gasteiger partial charge < -0.3 is 14.4 Å². The lowest BCUT2D eigenvalue weighted by Gasteiger charge is -2.32. The Balaban J connectivity index is 1.32. The lowest BCUT2D eigenvalue weighted by molar-refractivity contribution is 0.0586. The van der Waals surface area contributed by atoms with Crippen LogP contribution in [0, 0.1) is 0 Å². The highest BCUT2D eigenvalue weighted by Gasteiger charge is 2.26. The zero-order valence-electron chi connectivity index (χ0n) is 15.0. The highest BCUT2D eigenvalue weighted by molar-refractivity contribution is 7.99. The standard InChI is InChI=1S/C19H22N4O3S/c24-19(14-1-5-21-17(11-14)26-16-4-10-27-13-16)23-8-2-15(3-9-23)25-18-12-20-6-7-22-18/h1,5-7,11-12,15-16H,2-4,8-10,13H2. The number of nitrogens with zero attached hydrogens (tertiary/aromatic N) is 4. The highest BCUT2D eigenvalue weighted by atomic mass is 32.2. The van der Waals surface area contributed by atoms with Gasteiger partial charge in [0.05, 0.1) is 6.20 Å². The number of aromatic nitrogens is 3. The monoisotopic (exact) mass is 386 g/mol. The molecule has 142 valence electrons. The predicted molar refractivity (Wildman–Crippen MR) is 102 cm³/mol. The number of carbonyl (C=O) groups is 1. The van der Waals surface area contributed by atoms with Crippen LogP contribution in [-0.4, -0.2) is 62.6 Å². The third kappa shape index (κ3) is 4.68. The molecule has 2 aliphatic heterocycles. The largest absolute Gasteiger partial charge is 0.473 e. The lowest BCUT2D eigenvalue weighted by Crippen LogP contribution is -2.41. The van der Waals surface area contributed by atoms with E-state index in [4.69, 9.17) is 9.47 Å².